The van der Waals surface area contributed by atoms with E-state index in [9.17, 15) is 62.9 Å². The molecule has 1 aromatic heterocycles. The van der Waals surface area contributed by atoms with Gasteiger partial charge in [0.15, 0.2) is 11.5 Å². The average molecular weight is 1250 g/mol. The minimum atomic E-state index is -1.18. The summed E-state index contributed by atoms with van der Waals surface area (Å²) in [7, 11) is 0. The van der Waals surface area contributed by atoms with E-state index in [1.54, 1.807) is 6.07 Å². The van der Waals surface area contributed by atoms with Gasteiger partial charge in [0, 0.05) is 42.0 Å². The van der Waals surface area contributed by atoms with Gasteiger partial charge in [-0.05, 0) is 124 Å². The Morgan fingerprint density at radius 1 is 0.494 bits per heavy atom. The molecule has 2 aliphatic carbocycles. The summed E-state index contributed by atoms with van der Waals surface area (Å²) in [6.45, 7) is 10.7. The molecule has 0 atom stereocenters. The number of aromatic nitrogens is 1. The lowest BCUT2D eigenvalue weighted by atomic mass is 9.82. The van der Waals surface area contributed by atoms with Gasteiger partial charge in [0.1, 0.15) is 26.7 Å². The normalized spacial score (nSPS) is 15.9. The zero-order chi connectivity index (χ0) is 64.1. The van der Waals surface area contributed by atoms with Crippen LogP contribution in [0.1, 0.15) is 94.4 Å². The molecule has 0 amide bonds. The maximum atomic E-state index is 13.9. The Bertz CT molecular complexity index is 3610. The van der Waals surface area contributed by atoms with E-state index in [-0.39, 0.29) is 110 Å². The van der Waals surface area contributed by atoms with Crippen molar-refractivity contribution in [2.45, 2.75) is 64.2 Å². The predicted molar refractivity (Wildman–Crippen MR) is 307 cm³/mol. The number of thiazole rings is 1. The molecular formula is C62H56N2O24S. The molecule has 0 saturated heterocycles. The van der Waals surface area contributed by atoms with Gasteiger partial charge in [0.05, 0.1) is 51.9 Å². The Morgan fingerprint density at radius 2 is 0.910 bits per heavy atom. The van der Waals surface area contributed by atoms with Gasteiger partial charge in [-0.15, -0.1) is 11.3 Å². The number of carbonyl (C=O) groups is 11. The van der Waals surface area contributed by atoms with Crippen LogP contribution in [0.5, 0.6) is 23.0 Å². The van der Waals surface area contributed by atoms with Crippen molar-refractivity contribution in [2.75, 3.05) is 27.0 Å². The molecule has 89 heavy (non-hydrogen) atoms. The Hall–Kier alpha value is -10.7. The fourth-order valence-corrected chi connectivity index (χ4v) is 10.2. The van der Waals surface area contributed by atoms with Crippen LogP contribution >= 0.6 is 11.3 Å². The predicted octanol–water partition coefficient (Wildman–Crippen LogP) is 8.70. The van der Waals surface area contributed by atoms with Crippen LogP contribution in [0.3, 0.4) is 0 Å². The van der Waals surface area contributed by atoms with Gasteiger partial charge >= 0.3 is 65.7 Å². The van der Waals surface area contributed by atoms with Crippen LogP contribution in [-0.2, 0) is 77.9 Å². The van der Waals surface area contributed by atoms with Crippen LogP contribution in [0, 0.1) is 33.8 Å². The lowest BCUT2D eigenvalue weighted by molar-refractivity contribution is -0.384. The van der Waals surface area contributed by atoms with E-state index >= 15 is 0 Å². The number of esters is 11. The van der Waals surface area contributed by atoms with Crippen LogP contribution in [-0.4, -0.2) is 103 Å². The monoisotopic (exact) mass is 1240 g/mol. The van der Waals surface area contributed by atoms with Crippen LogP contribution < -0.4 is 18.9 Å². The highest BCUT2D eigenvalue weighted by molar-refractivity contribution is 7.22. The topological polar surface area (TPSA) is 345 Å². The number of aryl methyl sites for hydroxylation is 1. The SMILES string of the molecule is C=CC(=O)OCCCc1ccc(OC(=O)C2CCC(C(=O)Oc3ccc(OC(=O)C4CCC(C(=O)Oc5ccc(C(=O)OCOC(=O)C=C)c(C(=O)OCOC(=O)C=C)c5)CC4)c4sc(-c5ccc([N+](=O)[O-])cc5)nc34)CC2)cc1C(=O)OCOC(=O)C=C. The van der Waals surface area contributed by atoms with Crippen LogP contribution in [0.15, 0.2) is 123 Å². The summed E-state index contributed by atoms with van der Waals surface area (Å²) >= 11 is 1.07. The van der Waals surface area contributed by atoms with Crippen LogP contribution in [0.25, 0.3) is 20.8 Å². The van der Waals surface area contributed by atoms with Crippen molar-refractivity contribution >= 4 is 92.9 Å². The molecule has 464 valence electrons. The Kier molecular flexibility index (Phi) is 23.4. The summed E-state index contributed by atoms with van der Waals surface area (Å²) in [6, 6.07) is 16.1. The second kappa shape index (κ2) is 31.6. The van der Waals surface area contributed by atoms with E-state index in [4.69, 9.17) is 47.6 Å². The second-order valence-electron chi connectivity index (χ2n) is 19.5. The van der Waals surface area contributed by atoms with E-state index in [0.29, 0.717) is 27.3 Å². The second-order valence-corrected chi connectivity index (χ2v) is 20.5. The summed E-state index contributed by atoms with van der Waals surface area (Å²) in [5.41, 5.74) is 0.0453. The average Bonchev–Trinajstić information content (AvgIpc) is 1.75. The quantitative estimate of drug-likeness (QED) is 0.00693. The summed E-state index contributed by atoms with van der Waals surface area (Å²) in [5.74, 6) is -11.9. The van der Waals surface area contributed by atoms with E-state index < -0.39 is 120 Å². The first-order valence-corrected chi connectivity index (χ1v) is 28.1. The molecule has 1 heterocycles. The van der Waals surface area contributed by atoms with Crippen molar-refractivity contribution in [1.29, 1.82) is 0 Å². The number of carbonyl (C=O) groups excluding carboxylic acids is 11. The number of fused-ring (bicyclic) bond motifs is 1. The first-order chi connectivity index (χ1) is 42.8. The molecule has 5 aromatic rings. The molecule has 0 spiro atoms. The molecule has 26 nitrogen and oxygen atoms in total. The van der Waals surface area contributed by atoms with Gasteiger partial charge in [-0.1, -0.05) is 32.4 Å². The molecule has 0 unspecified atom stereocenters. The van der Waals surface area contributed by atoms with E-state index in [2.05, 4.69) is 35.8 Å². The number of nitro benzene ring substituents is 1. The summed E-state index contributed by atoms with van der Waals surface area (Å²) < 4.78 is 57.7. The van der Waals surface area contributed by atoms with Crippen molar-refractivity contribution in [1.82, 2.24) is 4.98 Å². The number of hydrogen-bond acceptors (Lipinski definition) is 26. The van der Waals surface area contributed by atoms with E-state index in [1.807, 2.05) is 0 Å². The molecule has 0 radical (unpaired) electrons. The maximum Gasteiger partial charge on any atom is 0.342 e. The van der Waals surface area contributed by atoms with E-state index in [1.165, 1.54) is 54.6 Å². The van der Waals surface area contributed by atoms with Gasteiger partial charge in [0.25, 0.3) is 5.69 Å². The number of nitrogens with zero attached hydrogens (tertiary/aromatic N) is 2. The van der Waals surface area contributed by atoms with Crippen molar-refractivity contribution in [2.24, 2.45) is 23.7 Å². The highest BCUT2D eigenvalue weighted by Gasteiger charge is 2.36. The summed E-state index contributed by atoms with van der Waals surface area (Å²) in [6.07, 6.45) is 5.71. The highest BCUT2D eigenvalue weighted by atomic mass is 32.1. The van der Waals surface area contributed by atoms with Crippen LogP contribution in [0.4, 0.5) is 5.69 Å². The molecule has 7 rings (SSSR count). The molecule has 2 aliphatic rings. The lowest BCUT2D eigenvalue weighted by Crippen LogP contribution is -2.30. The molecule has 4 aromatic carbocycles. The Morgan fingerprint density at radius 3 is 1.39 bits per heavy atom. The standard InChI is InChI=1S/C62H56N2O24S/c1-5-49(65)78-29-9-10-35-21-24-42(30-45(35)61(74)83-33-80-51(67)7-3)85-56(69)37-11-15-39(16-12-37)58(71)87-47-27-28-48(54-53(47)63-55(89-54)36-19-22-41(23-20-36)64(76)77)88-59(72)40-17-13-38(14-18-40)57(70)86-43-25-26-44(60(73)82-32-79-50(66)6-2)46(31-43)62(75)84-34-81-52(68)8-4/h5-8,19-28,30-31,37-40H,1-4,9-18,29,32-34H2. The van der Waals surface area contributed by atoms with Crippen molar-refractivity contribution < 1.29 is 110 Å². The van der Waals surface area contributed by atoms with Crippen molar-refractivity contribution in [3.8, 4) is 33.6 Å². The molecule has 2 saturated carbocycles. The number of hydrogen-bond donors (Lipinski definition) is 0. The van der Waals surface area contributed by atoms with Crippen molar-refractivity contribution in [3.05, 3.63) is 156 Å². The molecule has 0 aliphatic heterocycles. The number of rotatable bonds is 27. The first kappa shape index (κ1) is 65.8. The number of ether oxygens (including phenoxy) is 11. The third kappa shape index (κ3) is 18.2. The maximum absolute atomic E-state index is 13.9. The van der Waals surface area contributed by atoms with E-state index in [0.717, 1.165) is 47.8 Å². The van der Waals surface area contributed by atoms with Gasteiger partial charge in [-0.25, -0.2) is 38.5 Å². The van der Waals surface area contributed by atoms with Crippen LogP contribution in [0.2, 0.25) is 0 Å². The molecule has 27 heteroatoms. The molecular weight excluding hydrogens is 1190 g/mol. The third-order valence-corrected chi connectivity index (χ3v) is 15.0. The molecule has 0 bridgehead atoms. The minimum Gasteiger partial charge on any atom is -0.463 e. The zero-order valence-electron chi connectivity index (χ0n) is 47.4. The van der Waals surface area contributed by atoms with Gasteiger partial charge in [-0.2, -0.15) is 0 Å². The fraction of sp³-hybridized carbons (Fsp3) is 0.290. The third-order valence-electron chi connectivity index (χ3n) is 13.8. The zero-order valence-corrected chi connectivity index (χ0v) is 48.2. The number of benzene rings is 4. The van der Waals surface area contributed by atoms with Gasteiger partial charge in [-0.3, -0.25) is 29.3 Å². The first-order valence-electron chi connectivity index (χ1n) is 27.3. The van der Waals surface area contributed by atoms with Crippen molar-refractivity contribution in [3.63, 3.8) is 0 Å². The largest absolute Gasteiger partial charge is 0.463 e. The van der Waals surface area contributed by atoms with Gasteiger partial charge < -0.3 is 52.1 Å². The fourth-order valence-electron chi connectivity index (χ4n) is 9.17. The Labute approximate surface area is 510 Å². The van der Waals surface area contributed by atoms with Gasteiger partial charge in [0.2, 0.25) is 20.4 Å². The Balaban J connectivity index is 0.987. The minimum absolute atomic E-state index is 0.00274. The molecule has 0 N–H and O–H groups in total. The highest BCUT2D eigenvalue weighted by Crippen LogP contribution is 2.43. The lowest BCUT2D eigenvalue weighted by Gasteiger charge is -2.26. The summed E-state index contributed by atoms with van der Waals surface area (Å²) in [5, 5.41) is 11.8. The molecule has 2 fully saturated rings. The number of nitro groups is 1. The summed E-state index contributed by atoms with van der Waals surface area (Å²) in [4.78, 5) is 155. The smallest absolute Gasteiger partial charge is 0.342 e. The number of non-ortho nitro benzene ring substituents is 1.